The van der Waals surface area contributed by atoms with Crippen LogP contribution in [0.15, 0.2) is 97.2 Å². The van der Waals surface area contributed by atoms with Gasteiger partial charge in [-0.3, -0.25) is 0 Å². The summed E-state index contributed by atoms with van der Waals surface area (Å²) in [5, 5.41) is 0. The van der Waals surface area contributed by atoms with Gasteiger partial charge >= 0.3 is 6.16 Å². The predicted molar refractivity (Wildman–Crippen MR) is 194 cm³/mol. The number of allylic oxidation sites excluding steroid dienone is 16. The number of hydrogen-bond donors (Lipinski definition) is 0. The lowest BCUT2D eigenvalue weighted by atomic mass is 10.1. The Morgan fingerprint density at radius 1 is 0.409 bits per heavy atom. The van der Waals surface area contributed by atoms with Crippen LogP contribution in [0.3, 0.4) is 0 Å². The van der Waals surface area contributed by atoms with E-state index in [2.05, 4.69) is 111 Å². The SMILES string of the molecule is CC/C=C\C/C=C\C/C=C\C/C=C\C/C=C\CCCCCCOC(=O)OCCCCCCCCC=CC=CC=CCCCC. The van der Waals surface area contributed by atoms with Gasteiger partial charge < -0.3 is 9.47 Å². The van der Waals surface area contributed by atoms with Gasteiger partial charge in [-0.1, -0.05) is 162 Å². The minimum absolute atomic E-state index is 0.459. The normalized spacial score (nSPS) is 12.8. The summed E-state index contributed by atoms with van der Waals surface area (Å²) in [5.41, 5.74) is 0. The third-order valence-electron chi connectivity index (χ3n) is 6.96. The standard InChI is InChI=1S/C41H66O3/c1-3-5-7-9-11-13-15-17-19-21-22-23-24-26-28-30-32-34-36-38-40-44-41(42)43-39-37-35-33-31-29-27-25-20-18-16-14-12-10-8-6-4-2/h5,7,10-14,16-20,22-23,26,28H,3-4,6,8-9,15,21,24-25,27,29-40H2,1-2H3/b7-5-,12-10?,13-11-,16-14?,19-17-,20-18?,23-22-,28-26-. The first-order chi connectivity index (χ1) is 21.8. The highest BCUT2D eigenvalue weighted by Crippen LogP contribution is 2.09. The van der Waals surface area contributed by atoms with Gasteiger partial charge in [0.1, 0.15) is 0 Å². The molecule has 0 fully saturated rings. The predicted octanol–water partition coefficient (Wildman–Crippen LogP) is 13.4. The molecule has 0 aromatic heterocycles. The van der Waals surface area contributed by atoms with Crippen LogP contribution in [0.4, 0.5) is 4.79 Å². The molecule has 0 amide bonds. The summed E-state index contributed by atoms with van der Waals surface area (Å²) in [6.07, 6.45) is 57.2. The average Bonchev–Trinajstić information content (AvgIpc) is 3.03. The summed E-state index contributed by atoms with van der Waals surface area (Å²) in [4.78, 5) is 11.7. The molecule has 0 N–H and O–H groups in total. The molecule has 0 bridgehead atoms. The van der Waals surface area contributed by atoms with Crippen molar-refractivity contribution in [3.05, 3.63) is 97.2 Å². The second kappa shape index (κ2) is 38.2. The van der Waals surface area contributed by atoms with Crippen molar-refractivity contribution in [1.82, 2.24) is 0 Å². The Labute approximate surface area is 272 Å². The van der Waals surface area contributed by atoms with Gasteiger partial charge in [-0.2, -0.15) is 0 Å². The number of carbonyl (C=O) groups is 1. The molecule has 0 aliphatic rings. The fourth-order valence-corrected chi connectivity index (χ4v) is 4.31. The van der Waals surface area contributed by atoms with E-state index >= 15 is 0 Å². The molecule has 44 heavy (non-hydrogen) atoms. The minimum Gasteiger partial charge on any atom is -0.434 e. The molecule has 0 saturated carbocycles. The smallest absolute Gasteiger partial charge is 0.434 e. The Balaban J connectivity index is 3.40. The third-order valence-corrected chi connectivity index (χ3v) is 6.96. The average molecular weight is 607 g/mol. The van der Waals surface area contributed by atoms with Crippen LogP contribution in [-0.2, 0) is 9.47 Å². The maximum absolute atomic E-state index is 11.7. The first kappa shape index (κ1) is 41.2. The van der Waals surface area contributed by atoms with Crippen molar-refractivity contribution in [2.24, 2.45) is 0 Å². The van der Waals surface area contributed by atoms with Crippen LogP contribution in [0.5, 0.6) is 0 Å². The van der Waals surface area contributed by atoms with Crippen molar-refractivity contribution in [2.75, 3.05) is 13.2 Å². The maximum Gasteiger partial charge on any atom is 0.508 e. The highest BCUT2D eigenvalue weighted by atomic mass is 16.7. The highest BCUT2D eigenvalue weighted by Gasteiger charge is 2.03. The van der Waals surface area contributed by atoms with Crippen LogP contribution in [0.1, 0.15) is 142 Å². The van der Waals surface area contributed by atoms with Crippen molar-refractivity contribution < 1.29 is 14.3 Å². The summed E-state index contributed by atoms with van der Waals surface area (Å²) in [7, 11) is 0. The lowest BCUT2D eigenvalue weighted by Gasteiger charge is -2.06. The molecule has 0 rings (SSSR count). The molecule has 3 nitrogen and oxygen atoms in total. The lowest BCUT2D eigenvalue weighted by molar-refractivity contribution is 0.0529. The monoisotopic (exact) mass is 607 g/mol. The summed E-state index contributed by atoms with van der Waals surface area (Å²) in [6.45, 7) is 5.31. The van der Waals surface area contributed by atoms with Crippen LogP contribution >= 0.6 is 0 Å². The Morgan fingerprint density at radius 2 is 0.795 bits per heavy atom. The summed E-state index contributed by atoms with van der Waals surface area (Å²) in [6, 6.07) is 0. The van der Waals surface area contributed by atoms with Crippen molar-refractivity contribution in [1.29, 1.82) is 0 Å². The van der Waals surface area contributed by atoms with E-state index in [4.69, 9.17) is 9.47 Å². The van der Waals surface area contributed by atoms with Gasteiger partial charge in [0.05, 0.1) is 13.2 Å². The van der Waals surface area contributed by atoms with E-state index in [1.165, 1.54) is 51.4 Å². The fraction of sp³-hybridized carbons (Fsp3) is 0.585. The molecule has 0 spiro atoms. The van der Waals surface area contributed by atoms with E-state index in [0.717, 1.165) is 77.0 Å². The van der Waals surface area contributed by atoms with Crippen LogP contribution in [0.2, 0.25) is 0 Å². The van der Waals surface area contributed by atoms with Gasteiger partial charge in [0.25, 0.3) is 0 Å². The molecule has 3 heteroatoms. The Kier molecular flexibility index (Phi) is 35.8. The molecule has 0 atom stereocenters. The topological polar surface area (TPSA) is 35.5 Å². The molecule has 0 unspecified atom stereocenters. The largest absolute Gasteiger partial charge is 0.508 e. The van der Waals surface area contributed by atoms with Crippen molar-refractivity contribution in [3.63, 3.8) is 0 Å². The van der Waals surface area contributed by atoms with Gasteiger partial charge in [0.15, 0.2) is 0 Å². The van der Waals surface area contributed by atoms with Crippen molar-refractivity contribution >= 4 is 6.16 Å². The minimum atomic E-state index is -0.513. The van der Waals surface area contributed by atoms with Gasteiger partial charge in [0.2, 0.25) is 0 Å². The zero-order valence-corrected chi connectivity index (χ0v) is 28.5. The molecule has 0 aliphatic heterocycles. The van der Waals surface area contributed by atoms with Crippen LogP contribution < -0.4 is 0 Å². The molecule has 0 aliphatic carbocycles. The molecule has 0 aromatic carbocycles. The van der Waals surface area contributed by atoms with Crippen LogP contribution in [0.25, 0.3) is 0 Å². The summed E-state index contributed by atoms with van der Waals surface area (Å²) in [5.74, 6) is 0. The van der Waals surface area contributed by atoms with Gasteiger partial charge in [-0.25, -0.2) is 4.79 Å². The first-order valence-corrected chi connectivity index (χ1v) is 17.8. The third kappa shape index (κ3) is 37.2. The second-order valence-corrected chi connectivity index (χ2v) is 11.2. The first-order valence-electron chi connectivity index (χ1n) is 17.8. The number of rotatable bonds is 30. The quantitative estimate of drug-likeness (QED) is 0.0353. The molecular weight excluding hydrogens is 540 g/mol. The highest BCUT2D eigenvalue weighted by molar-refractivity contribution is 5.59. The molecule has 0 aromatic rings. The van der Waals surface area contributed by atoms with E-state index in [1.54, 1.807) is 0 Å². The number of unbranched alkanes of at least 4 members (excludes halogenated alkanes) is 12. The Morgan fingerprint density at radius 3 is 1.27 bits per heavy atom. The molecule has 0 saturated heterocycles. The van der Waals surface area contributed by atoms with E-state index in [-0.39, 0.29) is 0 Å². The fourth-order valence-electron chi connectivity index (χ4n) is 4.31. The molecule has 248 valence electrons. The maximum atomic E-state index is 11.7. The Bertz CT molecular complexity index is 838. The van der Waals surface area contributed by atoms with Gasteiger partial charge in [-0.05, 0) is 77.0 Å². The van der Waals surface area contributed by atoms with E-state index in [0.29, 0.717) is 13.2 Å². The zero-order valence-electron chi connectivity index (χ0n) is 28.5. The molecule has 0 heterocycles. The molecule has 0 radical (unpaired) electrons. The summed E-state index contributed by atoms with van der Waals surface area (Å²) < 4.78 is 10.4. The van der Waals surface area contributed by atoms with Gasteiger partial charge in [0, 0.05) is 0 Å². The van der Waals surface area contributed by atoms with Crippen molar-refractivity contribution in [3.8, 4) is 0 Å². The number of carbonyl (C=O) groups excluding carboxylic acids is 1. The van der Waals surface area contributed by atoms with Crippen LogP contribution in [-0.4, -0.2) is 19.4 Å². The van der Waals surface area contributed by atoms with E-state index in [9.17, 15) is 4.79 Å². The second-order valence-electron chi connectivity index (χ2n) is 11.2. The number of hydrogen-bond acceptors (Lipinski definition) is 3. The van der Waals surface area contributed by atoms with Crippen LogP contribution in [0, 0.1) is 0 Å². The van der Waals surface area contributed by atoms with E-state index < -0.39 is 6.16 Å². The van der Waals surface area contributed by atoms with Crippen molar-refractivity contribution in [2.45, 2.75) is 142 Å². The zero-order chi connectivity index (χ0) is 31.9. The van der Waals surface area contributed by atoms with Gasteiger partial charge in [-0.15, -0.1) is 0 Å². The molecular formula is C41H66O3. The van der Waals surface area contributed by atoms with E-state index in [1.807, 2.05) is 0 Å². The summed E-state index contributed by atoms with van der Waals surface area (Å²) >= 11 is 0. The number of ether oxygens (including phenoxy) is 2. The lowest BCUT2D eigenvalue weighted by Crippen LogP contribution is -2.09. The Hall–Kier alpha value is -2.81.